The number of nitrogens with zero attached hydrogens (tertiary/aromatic N) is 2. The van der Waals surface area contributed by atoms with Gasteiger partial charge in [0, 0.05) is 26.1 Å². The summed E-state index contributed by atoms with van der Waals surface area (Å²) in [5.41, 5.74) is 3.17. The quantitative estimate of drug-likeness (QED) is 0.612. The van der Waals surface area contributed by atoms with Crippen LogP contribution in [0.15, 0.2) is 59.8 Å². The second-order valence-electron chi connectivity index (χ2n) is 7.92. The van der Waals surface area contributed by atoms with Crippen LogP contribution in [-0.2, 0) is 16.1 Å². The molecule has 2 unspecified atom stereocenters. The van der Waals surface area contributed by atoms with E-state index in [9.17, 15) is 5.11 Å². The van der Waals surface area contributed by atoms with E-state index >= 15 is 0 Å². The van der Waals surface area contributed by atoms with Crippen molar-refractivity contribution in [3.05, 3.63) is 65.7 Å². The van der Waals surface area contributed by atoms with Crippen LogP contribution in [0, 0.1) is 0 Å². The van der Waals surface area contributed by atoms with Gasteiger partial charge in [-0.15, -0.1) is 0 Å². The molecule has 162 valence electrons. The average Bonchev–Trinajstić information content (AvgIpc) is 3.21. The largest absolute Gasteiger partial charge is 0.497 e. The Bertz CT molecular complexity index is 810. The third-order valence-corrected chi connectivity index (χ3v) is 4.93. The van der Waals surface area contributed by atoms with E-state index in [1.807, 2.05) is 62.4 Å². The van der Waals surface area contributed by atoms with Crippen LogP contribution in [-0.4, -0.2) is 60.8 Å². The Hall–Kier alpha value is -2.41. The van der Waals surface area contributed by atoms with Gasteiger partial charge in [0.05, 0.1) is 31.6 Å². The Morgan fingerprint density at radius 3 is 2.70 bits per heavy atom. The number of oxime groups is 1. The number of rotatable bonds is 11. The summed E-state index contributed by atoms with van der Waals surface area (Å²) in [4.78, 5) is 7.91. The minimum atomic E-state index is -0.575. The maximum atomic E-state index is 10.5. The first-order chi connectivity index (χ1) is 14.5. The number of aliphatic hydroxyl groups is 1. The van der Waals surface area contributed by atoms with Crippen LogP contribution in [0.5, 0.6) is 5.75 Å². The highest BCUT2D eigenvalue weighted by Crippen LogP contribution is 2.20. The Balaban J connectivity index is 1.63. The van der Waals surface area contributed by atoms with E-state index in [0.29, 0.717) is 26.2 Å². The molecule has 0 fully saturated rings. The van der Waals surface area contributed by atoms with Crippen molar-refractivity contribution in [2.24, 2.45) is 5.16 Å². The van der Waals surface area contributed by atoms with Crippen LogP contribution >= 0.6 is 0 Å². The van der Waals surface area contributed by atoms with E-state index in [0.717, 1.165) is 29.0 Å². The number of hydrogen-bond donors (Lipinski definition) is 1. The summed E-state index contributed by atoms with van der Waals surface area (Å²) in [5, 5.41) is 14.8. The normalized spacial score (nSPS) is 17.1. The summed E-state index contributed by atoms with van der Waals surface area (Å²) in [6.45, 7) is 6.07. The molecule has 1 N–H and O–H groups in total. The molecular formula is C24H32N2O4. The first-order valence-electron chi connectivity index (χ1n) is 10.5. The maximum Gasteiger partial charge on any atom is 0.145 e. The van der Waals surface area contributed by atoms with Crippen LogP contribution < -0.4 is 4.74 Å². The summed E-state index contributed by atoms with van der Waals surface area (Å²) in [5.74, 6) is 0.822. The molecule has 2 aromatic rings. The second kappa shape index (κ2) is 11.1. The van der Waals surface area contributed by atoms with Crippen LogP contribution in [0.25, 0.3) is 0 Å². The summed E-state index contributed by atoms with van der Waals surface area (Å²) < 4.78 is 10.9. The fourth-order valence-corrected chi connectivity index (χ4v) is 3.50. The minimum Gasteiger partial charge on any atom is -0.497 e. The number of ether oxygens (including phenoxy) is 2. The highest BCUT2D eigenvalue weighted by Gasteiger charge is 2.26. The van der Waals surface area contributed by atoms with Crippen LogP contribution in [0.4, 0.5) is 0 Å². The third-order valence-electron chi connectivity index (χ3n) is 4.93. The van der Waals surface area contributed by atoms with Gasteiger partial charge in [0.25, 0.3) is 0 Å². The lowest BCUT2D eigenvalue weighted by atomic mass is 10.0. The van der Waals surface area contributed by atoms with Gasteiger partial charge >= 0.3 is 0 Å². The summed E-state index contributed by atoms with van der Waals surface area (Å²) in [6, 6.07) is 18.1. The molecule has 2 aromatic carbocycles. The van der Waals surface area contributed by atoms with Crippen molar-refractivity contribution in [3.8, 4) is 5.75 Å². The van der Waals surface area contributed by atoms with E-state index in [4.69, 9.17) is 14.3 Å². The van der Waals surface area contributed by atoms with Crippen molar-refractivity contribution >= 4 is 5.71 Å². The smallest absolute Gasteiger partial charge is 0.145 e. The fourth-order valence-electron chi connectivity index (χ4n) is 3.50. The Kier molecular flexibility index (Phi) is 8.25. The van der Waals surface area contributed by atoms with E-state index in [2.05, 4.69) is 16.1 Å². The highest BCUT2D eigenvalue weighted by atomic mass is 16.6. The molecule has 1 aliphatic rings. The van der Waals surface area contributed by atoms with Gasteiger partial charge in [-0.1, -0.05) is 47.6 Å². The van der Waals surface area contributed by atoms with Crippen molar-refractivity contribution < 1.29 is 19.4 Å². The zero-order valence-corrected chi connectivity index (χ0v) is 18.0. The number of benzene rings is 2. The van der Waals surface area contributed by atoms with Crippen molar-refractivity contribution in [3.63, 3.8) is 0 Å². The van der Waals surface area contributed by atoms with Gasteiger partial charge in [0.15, 0.2) is 0 Å². The van der Waals surface area contributed by atoms with Crippen molar-refractivity contribution in [1.82, 2.24) is 4.90 Å². The molecule has 0 spiro atoms. The topological polar surface area (TPSA) is 63.5 Å². The SMILES string of the molecule is COc1cccc(CN(CC(O)COC(C)C)CC2CC(c3ccccc3)=NO2)c1. The van der Waals surface area contributed by atoms with E-state index in [-0.39, 0.29) is 12.2 Å². The van der Waals surface area contributed by atoms with Gasteiger partial charge in [-0.05, 0) is 37.1 Å². The predicted molar refractivity (Wildman–Crippen MR) is 118 cm³/mol. The van der Waals surface area contributed by atoms with E-state index in [1.54, 1.807) is 7.11 Å². The summed E-state index contributed by atoms with van der Waals surface area (Å²) in [7, 11) is 1.67. The highest BCUT2D eigenvalue weighted by molar-refractivity contribution is 6.01. The van der Waals surface area contributed by atoms with Gasteiger partial charge in [0.1, 0.15) is 11.9 Å². The molecule has 1 heterocycles. The van der Waals surface area contributed by atoms with Gasteiger partial charge in [0.2, 0.25) is 0 Å². The molecule has 0 radical (unpaired) electrons. The molecule has 0 aromatic heterocycles. The average molecular weight is 413 g/mol. The molecule has 0 saturated carbocycles. The lowest BCUT2D eigenvalue weighted by Crippen LogP contribution is -2.39. The zero-order chi connectivity index (χ0) is 21.3. The molecule has 6 heteroatoms. The van der Waals surface area contributed by atoms with Crippen molar-refractivity contribution in [1.29, 1.82) is 0 Å². The number of methoxy groups -OCH3 is 1. The van der Waals surface area contributed by atoms with Crippen molar-refractivity contribution in [2.75, 3.05) is 26.8 Å². The lowest BCUT2D eigenvalue weighted by Gasteiger charge is -2.27. The molecule has 30 heavy (non-hydrogen) atoms. The molecule has 3 rings (SSSR count). The first-order valence-corrected chi connectivity index (χ1v) is 10.5. The molecule has 1 aliphatic heterocycles. The van der Waals surface area contributed by atoms with Crippen LogP contribution in [0.2, 0.25) is 0 Å². The predicted octanol–water partition coefficient (Wildman–Crippen LogP) is 3.48. The summed E-state index contributed by atoms with van der Waals surface area (Å²) >= 11 is 0. The molecule has 0 amide bonds. The van der Waals surface area contributed by atoms with Gasteiger partial charge < -0.3 is 19.4 Å². The summed E-state index contributed by atoms with van der Waals surface area (Å²) in [6.07, 6.45) is 0.210. The Morgan fingerprint density at radius 1 is 1.17 bits per heavy atom. The third kappa shape index (κ3) is 6.83. The fraction of sp³-hybridized carbons (Fsp3) is 0.458. The van der Waals surface area contributed by atoms with Gasteiger partial charge in [-0.25, -0.2) is 0 Å². The van der Waals surface area contributed by atoms with E-state index < -0.39 is 6.10 Å². The van der Waals surface area contributed by atoms with Crippen LogP contribution in [0.3, 0.4) is 0 Å². The molecular weight excluding hydrogens is 380 g/mol. The first kappa shape index (κ1) is 22.3. The van der Waals surface area contributed by atoms with Gasteiger partial charge in [-0.3, -0.25) is 4.90 Å². The molecule has 6 nitrogen and oxygen atoms in total. The van der Waals surface area contributed by atoms with Crippen LogP contribution in [0.1, 0.15) is 31.4 Å². The Morgan fingerprint density at radius 2 is 1.97 bits per heavy atom. The number of hydrogen-bond acceptors (Lipinski definition) is 6. The zero-order valence-electron chi connectivity index (χ0n) is 18.0. The standard InChI is InChI=1S/C24H32N2O4/c1-18(2)29-17-21(27)15-26(14-19-8-7-11-22(12-19)28-3)16-23-13-24(25-30-23)20-9-5-4-6-10-20/h4-12,18,21,23,27H,13-17H2,1-3H3. The molecule has 2 atom stereocenters. The van der Waals surface area contributed by atoms with Gasteiger partial charge in [-0.2, -0.15) is 0 Å². The monoisotopic (exact) mass is 412 g/mol. The second-order valence-corrected chi connectivity index (χ2v) is 7.92. The van der Waals surface area contributed by atoms with E-state index in [1.165, 1.54) is 0 Å². The minimum absolute atomic E-state index is 0.0518. The number of aliphatic hydroxyl groups excluding tert-OH is 1. The van der Waals surface area contributed by atoms with Crippen molar-refractivity contribution in [2.45, 2.75) is 45.1 Å². The Labute approximate surface area is 179 Å². The lowest BCUT2D eigenvalue weighted by molar-refractivity contribution is -0.0194. The molecule has 0 aliphatic carbocycles. The maximum absolute atomic E-state index is 10.5. The molecule has 0 bridgehead atoms. The molecule has 0 saturated heterocycles.